The molecule has 0 unspecified atom stereocenters. The first-order chi connectivity index (χ1) is 14.9. The molecule has 180 valence electrons. The van der Waals surface area contributed by atoms with Crippen molar-refractivity contribution < 1.29 is 33.1 Å². The van der Waals surface area contributed by atoms with Crippen LogP contribution in [-0.4, -0.2) is 24.0 Å². The predicted molar refractivity (Wildman–Crippen MR) is 135 cm³/mol. The zero-order chi connectivity index (χ0) is 23.5. The number of rotatable bonds is 10. The summed E-state index contributed by atoms with van der Waals surface area (Å²) in [5, 5.41) is 0. The summed E-state index contributed by atoms with van der Waals surface area (Å²) in [6, 6.07) is 0. The van der Waals surface area contributed by atoms with E-state index < -0.39 is 0 Å². The summed E-state index contributed by atoms with van der Waals surface area (Å²) in [7, 11) is 0. The number of nitrogens with zero attached hydrogens (tertiary/aromatic N) is 1. The van der Waals surface area contributed by atoms with Gasteiger partial charge >= 0.3 is 18.9 Å². The van der Waals surface area contributed by atoms with Gasteiger partial charge in [-0.3, -0.25) is 9.19 Å². The van der Waals surface area contributed by atoms with E-state index in [1.54, 1.807) is 20.8 Å². The van der Waals surface area contributed by atoms with Gasteiger partial charge in [-0.05, 0) is 24.4 Å². The molecule has 1 aliphatic heterocycles. The molecule has 1 aliphatic carbocycles. The Kier molecular flexibility index (Phi) is 23.0. The first-order valence-electron chi connectivity index (χ1n) is 11.5. The number of ether oxygens (including phenoxy) is 2. The van der Waals surface area contributed by atoms with E-state index in [1.165, 1.54) is 57.1 Å². The van der Waals surface area contributed by atoms with Gasteiger partial charge in [-0.2, -0.15) is 31.9 Å². The summed E-state index contributed by atoms with van der Waals surface area (Å²) in [6.07, 6.45) is 13.9. The standard InChI is InChI=1S/C15H23NOS.C6H11O2.C5H9.Li/c1-4-6-7-8-11-17-14-10-12-18-16-15(14)13(3)9-5-2;1-4-8-6(7)5(2)3;1-5-3-2-4-5;/h9-10H,2-8,11-12H2,1H3;4-5H,1-3H3;5H,1-4H2;/q-2;2*-1;+1/b13-9+;;;. The molecule has 2 rings (SSSR count). The average Bonchev–Trinajstić information content (AvgIpc) is 2.73. The van der Waals surface area contributed by atoms with Crippen LogP contribution in [0, 0.1) is 39.2 Å². The van der Waals surface area contributed by atoms with Crippen LogP contribution in [0.1, 0.15) is 79.1 Å². The SMILES string of the molecule is C[CH-]OC(=O)C(C)C.[CH2-]C/C=C(\[CH2-])C1=NSCC=C1OCCCCCC.[CH2-]C1CCC1.[Li+]. The van der Waals surface area contributed by atoms with Crippen LogP contribution in [0.2, 0.25) is 0 Å². The summed E-state index contributed by atoms with van der Waals surface area (Å²) in [5.41, 5.74) is 1.79. The molecule has 0 amide bonds. The zero-order valence-electron chi connectivity index (χ0n) is 21.2. The van der Waals surface area contributed by atoms with Crippen molar-refractivity contribution in [3.63, 3.8) is 0 Å². The van der Waals surface area contributed by atoms with Crippen molar-refractivity contribution in [3.8, 4) is 0 Å². The Bertz CT molecular complexity index is 569. The summed E-state index contributed by atoms with van der Waals surface area (Å²) >= 11 is 1.54. The average molecular weight is 457 g/mol. The third-order valence-corrected chi connectivity index (χ3v) is 5.24. The van der Waals surface area contributed by atoms with Crippen LogP contribution in [0.4, 0.5) is 0 Å². The molecule has 0 aromatic heterocycles. The van der Waals surface area contributed by atoms with Crippen LogP contribution in [0.25, 0.3) is 0 Å². The Morgan fingerprint density at radius 1 is 1.34 bits per heavy atom. The molecule has 1 fully saturated rings. The van der Waals surface area contributed by atoms with Crippen LogP contribution < -0.4 is 18.9 Å². The smallest absolute Gasteiger partial charge is 0.637 e. The van der Waals surface area contributed by atoms with Crippen LogP contribution in [0.5, 0.6) is 0 Å². The van der Waals surface area contributed by atoms with Crippen molar-refractivity contribution in [2.24, 2.45) is 16.2 Å². The molecule has 0 spiro atoms. The van der Waals surface area contributed by atoms with Gasteiger partial charge in [0, 0.05) is 17.4 Å². The number of esters is 1. The second-order valence-electron chi connectivity index (χ2n) is 7.86. The van der Waals surface area contributed by atoms with Crippen LogP contribution >= 0.6 is 11.9 Å². The number of hydrogen-bond acceptors (Lipinski definition) is 5. The van der Waals surface area contributed by atoms with Gasteiger partial charge in [-0.1, -0.05) is 59.3 Å². The molecule has 32 heavy (non-hydrogen) atoms. The van der Waals surface area contributed by atoms with Crippen molar-refractivity contribution in [1.82, 2.24) is 0 Å². The monoisotopic (exact) mass is 456 g/mol. The number of hydrogen-bond donors (Lipinski definition) is 0. The van der Waals surface area contributed by atoms with E-state index in [4.69, 9.17) is 4.74 Å². The van der Waals surface area contributed by atoms with Gasteiger partial charge in [0.05, 0.1) is 12.4 Å². The molecular formula is C26H43LiNO3S-3. The first kappa shape index (κ1) is 33.4. The summed E-state index contributed by atoms with van der Waals surface area (Å²) < 4.78 is 14.8. The van der Waals surface area contributed by atoms with Crippen LogP contribution in [0.3, 0.4) is 0 Å². The minimum absolute atomic E-state index is 0. The Hall–Kier alpha value is -0.763. The fourth-order valence-electron chi connectivity index (χ4n) is 2.43. The molecule has 0 aromatic carbocycles. The van der Waals surface area contributed by atoms with Crippen molar-refractivity contribution >= 4 is 23.6 Å². The second-order valence-corrected chi connectivity index (χ2v) is 8.63. The Balaban J connectivity index is 0. The van der Waals surface area contributed by atoms with E-state index in [-0.39, 0.29) is 30.7 Å². The number of carbonyl (C=O) groups excluding carboxylic acids is 1. The van der Waals surface area contributed by atoms with Crippen LogP contribution in [0.15, 0.2) is 27.9 Å². The summed E-state index contributed by atoms with van der Waals surface area (Å²) in [4.78, 5) is 10.5. The van der Waals surface area contributed by atoms with Gasteiger partial charge < -0.3 is 23.3 Å². The minimum atomic E-state index is -0.174. The maximum Gasteiger partial charge on any atom is 1.00 e. The molecule has 6 heteroatoms. The Morgan fingerprint density at radius 3 is 2.44 bits per heavy atom. The molecule has 0 saturated heterocycles. The topological polar surface area (TPSA) is 47.9 Å². The predicted octanol–water partition coefficient (Wildman–Crippen LogP) is 4.55. The fraction of sp³-hybridized carbons (Fsp3) is 0.615. The van der Waals surface area contributed by atoms with Crippen molar-refractivity contribution in [2.45, 2.75) is 79.1 Å². The molecule has 1 heterocycles. The molecule has 0 N–H and O–H groups in total. The van der Waals surface area contributed by atoms with E-state index >= 15 is 0 Å². The van der Waals surface area contributed by atoms with E-state index in [2.05, 4.69) is 42.9 Å². The van der Waals surface area contributed by atoms with Gasteiger partial charge in [0.25, 0.3) is 5.97 Å². The third kappa shape index (κ3) is 16.8. The minimum Gasteiger partial charge on any atom is -0.637 e. The molecule has 0 radical (unpaired) electrons. The maximum absolute atomic E-state index is 10.5. The van der Waals surface area contributed by atoms with Gasteiger partial charge in [0.2, 0.25) is 0 Å². The molecule has 0 aromatic rings. The van der Waals surface area contributed by atoms with E-state index in [9.17, 15) is 4.79 Å². The van der Waals surface area contributed by atoms with E-state index in [1.807, 2.05) is 6.08 Å². The first-order valence-corrected chi connectivity index (χ1v) is 12.5. The quantitative estimate of drug-likeness (QED) is 0.159. The van der Waals surface area contributed by atoms with E-state index in [0.717, 1.165) is 48.2 Å². The number of carbonyl (C=O) groups is 1. The van der Waals surface area contributed by atoms with Gasteiger partial charge in [-0.25, -0.2) is 12.5 Å². The maximum atomic E-state index is 10.5. The molecule has 2 aliphatic rings. The van der Waals surface area contributed by atoms with Gasteiger partial charge in [-0.15, -0.1) is 0 Å². The normalized spacial score (nSPS) is 15.5. The molecule has 4 nitrogen and oxygen atoms in total. The third-order valence-electron chi connectivity index (χ3n) is 4.61. The number of allylic oxidation sites excluding steroid dienone is 2. The molecule has 1 saturated carbocycles. The summed E-state index contributed by atoms with van der Waals surface area (Å²) in [6.45, 7) is 21.3. The van der Waals surface area contributed by atoms with Crippen LogP contribution in [-0.2, 0) is 14.3 Å². The zero-order valence-corrected chi connectivity index (χ0v) is 22.0. The van der Waals surface area contributed by atoms with Crippen molar-refractivity contribution in [2.75, 3.05) is 12.4 Å². The largest absolute Gasteiger partial charge is 1.00 e. The Morgan fingerprint density at radius 2 is 2.00 bits per heavy atom. The van der Waals surface area contributed by atoms with Crippen molar-refractivity contribution in [3.05, 3.63) is 50.9 Å². The fourth-order valence-corrected chi connectivity index (χ4v) is 3.06. The van der Waals surface area contributed by atoms with E-state index in [0.29, 0.717) is 0 Å². The Labute approximate surface area is 214 Å². The summed E-state index contributed by atoms with van der Waals surface area (Å²) in [5.74, 6) is 2.39. The molecule has 0 atom stereocenters. The number of unbranched alkanes of at least 4 members (excludes halogenated alkanes) is 3. The van der Waals surface area contributed by atoms with Gasteiger partial charge in [0.15, 0.2) is 0 Å². The van der Waals surface area contributed by atoms with Gasteiger partial charge in [0.1, 0.15) is 0 Å². The van der Waals surface area contributed by atoms with Crippen molar-refractivity contribution in [1.29, 1.82) is 0 Å². The molecular weight excluding hydrogens is 413 g/mol. The second kappa shape index (κ2) is 22.1. The molecule has 0 bridgehead atoms.